The first-order valence-corrected chi connectivity index (χ1v) is 6.74. The van der Waals surface area contributed by atoms with Crippen LogP contribution in [0.4, 0.5) is 0 Å². The zero-order chi connectivity index (χ0) is 13.1. The van der Waals surface area contributed by atoms with E-state index in [1.165, 1.54) is 0 Å². The van der Waals surface area contributed by atoms with E-state index in [2.05, 4.69) is 5.32 Å². The van der Waals surface area contributed by atoms with Crippen LogP contribution < -0.4 is 5.32 Å². The first-order valence-electron chi connectivity index (χ1n) is 6.74. The molecule has 18 heavy (non-hydrogen) atoms. The van der Waals surface area contributed by atoms with E-state index in [-0.39, 0.29) is 6.42 Å². The highest BCUT2D eigenvalue weighted by Crippen LogP contribution is 2.40. The molecule has 5 heteroatoms. The van der Waals surface area contributed by atoms with Gasteiger partial charge in [0.25, 0.3) is 0 Å². The van der Waals surface area contributed by atoms with Crippen LogP contribution in [0.5, 0.6) is 0 Å². The van der Waals surface area contributed by atoms with E-state index in [1.54, 1.807) is 0 Å². The molecule has 2 rings (SSSR count). The van der Waals surface area contributed by atoms with Crippen LogP contribution >= 0.6 is 0 Å². The highest BCUT2D eigenvalue weighted by Gasteiger charge is 2.37. The largest absolute Gasteiger partial charge is 0.481 e. The van der Waals surface area contributed by atoms with Gasteiger partial charge in [0.05, 0.1) is 0 Å². The molecular weight excluding hydrogens is 234 g/mol. The molecule has 0 aromatic heterocycles. The second-order valence-corrected chi connectivity index (χ2v) is 5.67. The van der Waals surface area contributed by atoms with Crippen LogP contribution in [0.3, 0.4) is 0 Å². The lowest BCUT2D eigenvalue weighted by Gasteiger charge is -2.41. The van der Waals surface area contributed by atoms with Gasteiger partial charge in [-0.3, -0.25) is 9.59 Å². The number of aliphatic carboxylic acids is 2. The molecule has 1 aliphatic heterocycles. The number of nitrogens with one attached hydrogen (secondary N) is 1. The summed E-state index contributed by atoms with van der Waals surface area (Å²) in [6.07, 6.45) is 4.88. The molecule has 0 spiro atoms. The molecule has 3 N–H and O–H groups in total. The first kappa shape index (κ1) is 13.3. The fourth-order valence-electron chi connectivity index (χ4n) is 3.44. The number of rotatable bonds is 4. The highest BCUT2D eigenvalue weighted by atomic mass is 16.4. The van der Waals surface area contributed by atoms with Gasteiger partial charge in [-0.25, -0.2) is 0 Å². The zero-order valence-corrected chi connectivity index (χ0v) is 10.5. The van der Waals surface area contributed by atoms with Gasteiger partial charge in [0.2, 0.25) is 0 Å². The fraction of sp³-hybridized carbons (Fsp3) is 0.846. The standard InChI is InChI=1S/C13H21NO4/c15-12(16)4-2-8-1-3-9-7-14-11(13(17)18)6-10(9)5-8/h8-11,14H,1-7H2,(H,15,16)(H,17,18)/t8-,9+,10-,11+/m1/s1. The van der Waals surface area contributed by atoms with Gasteiger partial charge < -0.3 is 15.5 Å². The first-order chi connectivity index (χ1) is 8.56. The number of carbonyl (C=O) groups is 2. The predicted molar refractivity (Wildman–Crippen MR) is 65.2 cm³/mol. The second-order valence-electron chi connectivity index (χ2n) is 5.67. The third kappa shape index (κ3) is 3.22. The Morgan fingerprint density at radius 1 is 1.11 bits per heavy atom. The van der Waals surface area contributed by atoms with Gasteiger partial charge in [-0.1, -0.05) is 6.42 Å². The smallest absolute Gasteiger partial charge is 0.320 e. The molecule has 0 aromatic rings. The Bertz CT molecular complexity index is 331. The highest BCUT2D eigenvalue weighted by molar-refractivity contribution is 5.73. The molecule has 1 saturated heterocycles. The molecule has 0 amide bonds. The molecule has 2 fully saturated rings. The van der Waals surface area contributed by atoms with Gasteiger partial charge in [-0.15, -0.1) is 0 Å². The van der Waals surface area contributed by atoms with E-state index in [4.69, 9.17) is 10.2 Å². The molecule has 2 aliphatic rings. The number of hydrogen-bond acceptors (Lipinski definition) is 3. The molecule has 5 nitrogen and oxygen atoms in total. The molecule has 1 saturated carbocycles. The van der Waals surface area contributed by atoms with Crippen molar-refractivity contribution in [3.63, 3.8) is 0 Å². The molecule has 0 aromatic carbocycles. The summed E-state index contributed by atoms with van der Waals surface area (Å²) in [7, 11) is 0. The van der Waals surface area contributed by atoms with Crippen molar-refractivity contribution in [3.8, 4) is 0 Å². The maximum absolute atomic E-state index is 11.0. The number of carboxylic acid groups (broad SMARTS) is 2. The van der Waals surface area contributed by atoms with Crippen molar-refractivity contribution in [2.45, 2.75) is 44.6 Å². The average molecular weight is 255 g/mol. The Morgan fingerprint density at radius 2 is 1.89 bits per heavy atom. The van der Waals surface area contributed by atoms with Gasteiger partial charge >= 0.3 is 11.9 Å². The fourth-order valence-corrected chi connectivity index (χ4v) is 3.44. The van der Waals surface area contributed by atoms with Gasteiger partial charge in [0.15, 0.2) is 0 Å². The van der Waals surface area contributed by atoms with Gasteiger partial charge in [0.1, 0.15) is 6.04 Å². The lowest BCUT2D eigenvalue weighted by molar-refractivity contribution is -0.141. The Hall–Kier alpha value is -1.10. The minimum absolute atomic E-state index is 0.239. The molecule has 0 unspecified atom stereocenters. The number of fused-ring (bicyclic) bond motifs is 1. The summed E-state index contributed by atoms with van der Waals surface area (Å²) in [5.74, 6) is 0.0171. The zero-order valence-electron chi connectivity index (χ0n) is 10.5. The van der Waals surface area contributed by atoms with Gasteiger partial charge in [-0.2, -0.15) is 0 Å². The number of piperidine rings is 1. The van der Waals surface area contributed by atoms with Crippen molar-refractivity contribution >= 4 is 11.9 Å². The maximum Gasteiger partial charge on any atom is 0.320 e. The molecule has 4 atom stereocenters. The van der Waals surface area contributed by atoms with Crippen LogP contribution in [-0.4, -0.2) is 34.7 Å². The SMILES string of the molecule is O=C(O)CC[C@H]1CC[C@H]2CN[C@H](C(=O)O)C[C@H]2C1. The van der Waals surface area contributed by atoms with E-state index in [1.807, 2.05) is 0 Å². The molecule has 1 heterocycles. The normalized spacial score (nSPS) is 35.8. The monoisotopic (exact) mass is 255 g/mol. The van der Waals surface area contributed by atoms with E-state index < -0.39 is 18.0 Å². The van der Waals surface area contributed by atoms with Crippen molar-refractivity contribution in [1.29, 1.82) is 0 Å². The number of hydrogen-bond donors (Lipinski definition) is 3. The van der Waals surface area contributed by atoms with Crippen LogP contribution in [0.1, 0.15) is 38.5 Å². The maximum atomic E-state index is 11.0. The van der Waals surface area contributed by atoms with Crippen LogP contribution in [0.2, 0.25) is 0 Å². The van der Waals surface area contributed by atoms with Crippen molar-refractivity contribution in [2.75, 3.05) is 6.54 Å². The average Bonchev–Trinajstić information content (AvgIpc) is 2.35. The lowest BCUT2D eigenvalue weighted by atomic mass is 9.69. The number of carboxylic acids is 2. The van der Waals surface area contributed by atoms with E-state index in [9.17, 15) is 9.59 Å². The van der Waals surface area contributed by atoms with Crippen LogP contribution in [0.15, 0.2) is 0 Å². The molecule has 1 aliphatic carbocycles. The Kier molecular flexibility index (Phi) is 4.22. The summed E-state index contributed by atoms with van der Waals surface area (Å²) >= 11 is 0. The van der Waals surface area contributed by atoms with Crippen molar-refractivity contribution in [1.82, 2.24) is 5.32 Å². The predicted octanol–water partition coefficient (Wildman–Crippen LogP) is 1.33. The van der Waals surface area contributed by atoms with Gasteiger partial charge in [0, 0.05) is 6.42 Å². The quantitative estimate of drug-likeness (QED) is 0.705. The van der Waals surface area contributed by atoms with Crippen molar-refractivity contribution in [2.24, 2.45) is 17.8 Å². The van der Waals surface area contributed by atoms with Crippen LogP contribution in [0.25, 0.3) is 0 Å². The molecular formula is C13H21NO4. The molecule has 0 radical (unpaired) electrons. The summed E-state index contributed by atoms with van der Waals surface area (Å²) < 4.78 is 0. The second kappa shape index (κ2) is 5.69. The molecule has 0 bridgehead atoms. The van der Waals surface area contributed by atoms with Crippen LogP contribution in [-0.2, 0) is 9.59 Å². The third-order valence-corrected chi connectivity index (χ3v) is 4.48. The summed E-state index contributed by atoms with van der Waals surface area (Å²) in [5, 5.41) is 20.8. The van der Waals surface area contributed by atoms with E-state index in [0.29, 0.717) is 24.2 Å². The molecule has 102 valence electrons. The minimum atomic E-state index is -0.763. The lowest BCUT2D eigenvalue weighted by Crippen LogP contribution is -2.49. The third-order valence-electron chi connectivity index (χ3n) is 4.48. The van der Waals surface area contributed by atoms with Crippen molar-refractivity contribution in [3.05, 3.63) is 0 Å². The summed E-state index contributed by atoms with van der Waals surface area (Å²) in [4.78, 5) is 21.6. The summed E-state index contributed by atoms with van der Waals surface area (Å²) in [5.41, 5.74) is 0. The van der Waals surface area contributed by atoms with E-state index >= 15 is 0 Å². The summed E-state index contributed by atoms with van der Waals surface area (Å²) in [6, 6.07) is -0.413. The van der Waals surface area contributed by atoms with Gasteiger partial charge in [-0.05, 0) is 50.0 Å². The Labute approximate surface area is 107 Å². The minimum Gasteiger partial charge on any atom is -0.481 e. The Morgan fingerprint density at radius 3 is 2.56 bits per heavy atom. The topological polar surface area (TPSA) is 86.6 Å². The Balaban J connectivity index is 1.85. The van der Waals surface area contributed by atoms with E-state index in [0.717, 1.165) is 32.2 Å². The van der Waals surface area contributed by atoms with Crippen molar-refractivity contribution < 1.29 is 19.8 Å². The summed E-state index contributed by atoms with van der Waals surface area (Å²) in [6.45, 7) is 0.799. The van der Waals surface area contributed by atoms with Crippen LogP contribution in [0, 0.1) is 17.8 Å².